The van der Waals surface area contributed by atoms with Gasteiger partial charge in [-0.3, -0.25) is 4.79 Å². The van der Waals surface area contributed by atoms with Crippen LogP contribution in [0.25, 0.3) is 0 Å². The van der Waals surface area contributed by atoms with E-state index in [-0.39, 0.29) is 5.75 Å². The highest BCUT2D eigenvalue weighted by molar-refractivity contribution is 5.80. The predicted molar refractivity (Wildman–Crippen MR) is 70.6 cm³/mol. The van der Waals surface area contributed by atoms with Crippen molar-refractivity contribution in [1.29, 1.82) is 0 Å². The van der Waals surface area contributed by atoms with Crippen LogP contribution in [0.4, 0.5) is 0 Å². The predicted octanol–water partition coefficient (Wildman–Crippen LogP) is 2.62. The van der Waals surface area contributed by atoms with Crippen LogP contribution in [-0.4, -0.2) is 23.3 Å². The van der Waals surface area contributed by atoms with Crippen molar-refractivity contribution in [1.82, 2.24) is 0 Å². The second kappa shape index (κ2) is 5.44. The number of methoxy groups -OCH3 is 1. The van der Waals surface area contributed by atoms with Gasteiger partial charge in [-0.25, -0.2) is 0 Å². The molecule has 0 aliphatic heterocycles. The summed E-state index contributed by atoms with van der Waals surface area (Å²) in [4.78, 5) is 11.4. The van der Waals surface area contributed by atoms with Crippen molar-refractivity contribution < 1.29 is 19.7 Å². The summed E-state index contributed by atoms with van der Waals surface area (Å²) in [6.45, 7) is 0. The van der Waals surface area contributed by atoms with Crippen molar-refractivity contribution in [2.45, 2.75) is 5.92 Å². The summed E-state index contributed by atoms with van der Waals surface area (Å²) in [5, 5.41) is 18.6. The number of phenols is 1. The van der Waals surface area contributed by atoms with Crippen molar-refractivity contribution in [3.05, 3.63) is 59.7 Å². The molecule has 0 amide bonds. The minimum atomic E-state index is -0.934. The number of aromatic hydroxyl groups is 1. The van der Waals surface area contributed by atoms with Gasteiger partial charge in [-0.15, -0.1) is 0 Å². The summed E-state index contributed by atoms with van der Waals surface area (Å²) in [5.41, 5.74) is 1.29. The van der Waals surface area contributed by atoms with E-state index in [0.29, 0.717) is 16.9 Å². The molecular weight excluding hydrogens is 244 g/mol. The Morgan fingerprint density at radius 3 is 1.89 bits per heavy atom. The van der Waals surface area contributed by atoms with E-state index in [1.165, 1.54) is 12.1 Å². The van der Waals surface area contributed by atoms with Crippen molar-refractivity contribution in [3.8, 4) is 11.5 Å². The summed E-state index contributed by atoms with van der Waals surface area (Å²) in [7, 11) is 1.56. The molecule has 0 spiro atoms. The fourth-order valence-electron chi connectivity index (χ4n) is 1.94. The highest BCUT2D eigenvalue weighted by Crippen LogP contribution is 2.27. The van der Waals surface area contributed by atoms with Gasteiger partial charge >= 0.3 is 5.97 Å². The van der Waals surface area contributed by atoms with E-state index in [1.807, 2.05) is 0 Å². The van der Waals surface area contributed by atoms with Gasteiger partial charge in [0.15, 0.2) is 0 Å². The normalized spacial score (nSPS) is 11.8. The molecule has 19 heavy (non-hydrogen) atoms. The first-order valence-electron chi connectivity index (χ1n) is 5.77. The van der Waals surface area contributed by atoms with Crippen LogP contribution < -0.4 is 4.74 Å². The van der Waals surface area contributed by atoms with Crippen LogP contribution in [0.5, 0.6) is 11.5 Å². The zero-order valence-electron chi connectivity index (χ0n) is 10.4. The van der Waals surface area contributed by atoms with E-state index in [0.717, 1.165) is 0 Å². The van der Waals surface area contributed by atoms with Crippen molar-refractivity contribution in [2.75, 3.05) is 7.11 Å². The van der Waals surface area contributed by atoms with Gasteiger partial charge < -0.3 is 14.9 Å². The molecule has 4 heteroatoms. The number of hydrogen-bond donors (Lipinski definition) is 2. The van der Waals surface area contributed by atoms with Crippen LogP contribution >= 0.6 is 0 Å². The van der Waals surface area contributed by atoms with Gasteiger partial charge in [0.1, 0.15) is 17.4 Å². The number of aliphatic carboxylic acids is 1. The maximum Gasteiger partial charge on any atom is 0.315 e. The second-order valence-corrected chi connectivity index (χ2v) is 4.14. The Kier molecular flexibility index (Phi) is 3.71. The van der Waals surface area contributed by atoms with E-state index in [4.69, 9.17) is 4.74 Å². The zero-order valence-corrected chi connectivity index (χ0v) is 10.4. The molecule has 0 saturated heterocycles. The Hall–Kier alpha value is -2.49. The summed E-state index contributed by atoms with van der Waals surface area (Å²) in [6.07, 6.45) is 0. The third-order valence-corrected chi connectivity index (χ3v) is 2.92. The lowest BCUT2D eigenvalue weighted by Crippen LogP contribution is -2.12. The smallest absolute Gasteiger partial charge is 0.315 e. The molecule has 0 saturated carbocycles. The number of hydrogen-bond acceptors (Lipinski definition) is 3. The van der Waals surface area contributed by atoms with Crippen LogP contribution in [0.2, 0.25) is 0 Å². The average Bonchev–Trinajstić information content (AvgIpc) is 2.42. The maximum absolute atomic E-state index is 11.4. The molecule has 0 aliphatic carbocycles. The topological polar surface area (TPSA) is 66.8 Å². The fourth-order valence-corrected chi connectivity index (χ4v) is 1.94. The van der Waals surface area contributed by atoms with E-state index in [9.17, 15) is 15.0 Å². The lowest BCUT2D eigenvalue weighted by Gasteiger charge is -2.13. The van der Waals surface area contributed by atoms with Crippen molar-refractivity contribution in [3.63, 3.8) is 0 Å². The van der Waals surface area contributed by atoms with E-state index in [2.05, 4.69) is 0 Å². The van der Waals surface area contributed by atoms with Gasteiger partial charge in [-0.1, -0.05) is 24.3 Å². The van der Waals surface area contributed by atoms with E-state index >= 15 is 0 Å². The fraction of sp³-hybridized carbons (Fsp3) is 0.133. The number of carboxylic acids is 1. The Balaban J connectivity index is 2.39. The van der Waals surface area contributed by atoms with Gasteiger partial charge in [0.05, 0.1) is 7.11 Å². The first kappa shape index (κ1) is 13.0. The van der Waals surface area contributed by atoms with Crippen LogP contribution in [0, 0.1) is 0 Å². The molecule has 0 bridgehead atoms. The van der Waals surface area contributed by atoms with Gasteiger partial charge in [-0.2, -0.15) is 0 Å². The van der Waals surface area contributed by atoms with Crippen molar-refractivity contribution in [2.24, 2.45) is 0 Å². The number of rotatable bonds is 4. The quantitative estimate of drug-likeness (QED) is 0.884. The SMILES string of the molecule is COc1ccc(C(C(=O)O)c2ccc(O)cc2)cc1. The number of benzene rings is 2. The Morgan fingerprint density at radius 1 is 1.00 bits per heavy atom. The average molecular weight is 258 g/mol. The van der Waals surface area contributed by atoms with Crippen molar-refractivity contribution >= 4 is 5.97 Å². The highest BCUT2D eigenvalue weighted by atomic mass is 16.5. The molecule has 0 aliphatic rings. The van der Waals surface area contributed by atoms with E-state index < -0.39 is 11.9 Å². The Bertz CT molecular complexity index is 558. The van der Waals surface area contributed by atoms with Gasteiger partial charge in [0.2, 0.25) is 0 Å². The minimum Gasteiger partial charge on any atom is -0.508 e. The van der Waals surface area contributed by atoms with Crippen LogP contribution in [-0.2, 0) is 4.79 Å². The molecule has 1 unspecified atom stereocenters. The number of phenolic OH excluding ortho intramolecular Hbond substituents is 1. The Labute approximate surface area is 110 Å². The second-order valence-electron chi connectivity index (χ2n) is 4.14. The summed E-state index contributed by atoms with van der Waals surface area (Å²) < 4.78 is 5.05. The van der Waals surface area contributed by atoms with E-state index in [1.54, 1.807) is 43.5 Å². The molecule has 2 aromatic carbocycles. The molecule has 0 radical (unpaired) electrons. The molecule has 0 heterocycles. The monoisotopic (exact) mass is 258 g/mol. The lowest BCUT2D eigenvalue weighted by molar-refractivity contribution is -0.137. The molecule has 2 N–H and O–H groups in total. The first-order valence-corrected chi connectivity index (χ1v) is 5.77. The summed E-state index contributed by atoms with van der Waals surface area (Å²) in [5.74, 6) is -0.899. The molecular formula is C15H14O4. The van der Waals surface area contributed by atoms with Gasteiger partial charge in [-0.05, 0) is 35.4 Å². The summed E-state index contributed by atoms with van der Waals surface area (Å²) >= 11 is 0. The molecule has 2 aromatic rings. The molecule has 0 fully saturated rings. The van der Waals surface area contributed by atoms with Crippen LogP contribution in [0.1, 0.15) is 17.0 Å². The zero-order chi connectivity index (χ0) is 13.8. The molecule has 4 nitrogen and oxygen atoms in total. The van der Waals surface area contributed by atoms with Crippen LogP contribution in [0.15, 0.2) is 48.5 Å². The van der Waals surface area contributed by atoms with Gasteiger partial charge in [0, 0.05) is 0 Å². The number of carbonyl (C=O) groups is 1. The molecule has 0 aromatic heterocycles. The third kappa shape index (κ3) is 2.85. The third-order valence-electron chi connectivity index (χ3n) is 2.92. The van der Waals surface area contributed by atoms with Crippen LogP contribution in [0.3, 0.4) is 0 Å². The maximum atomic E-state index is 11.4. The Morgan fingerprint density at radius 2 is 1.47 bits per heavy atom. The molecule has 98 valence electrons. The first-order chi connectivity index (χ1) is 9.11. The molecule has 2 rings (SSSR count). The summed E-state index contributed by atoms with van der Waals surface area (Å²) in [6, 6.07) is 13.1. The largest absolute Gasteiger partial charge is 0.508 e. The number of carboxylic acid groups (broad SMARTS) is 1. The number of ether oxygens (including phenoxy) is 1. The minimum absolute atomic E-state index is 0.114. The standard InChI is InChI=1S/C15H14O4/c1-19-13-8-4-11(5-9-13)14(15(17)18)10-2-6-12(16)7-3-10/h2-9,14,16H,1H3,(H,17,18). The molecule has 1 atom stereocenters. The highest BCUT2D eigenvalue weighted by Gasteiger charge is 2.21. The lowest BCUT2D eigenvalue weighted by atomic mass is 9.91. The van der Waals surface area contributed by atoms with Gasteiger partial charge in [0.25, 0.3) is 0 Å².